The third-order valence-electron chi connectivity index (χ3n) is 3.96. The van der Waals surface area contributed by atoms with Crippen molar-refractivity contribution in [1.82, 2.24) is 19.2 Å². The van der Waals surface area contributed by atoms with Gasteiger partial charge in [-0.2, -0.15) is 22.5 Å². The van der Waals surface area contributed by atoms with Crippen LogP contribution in [0.4, 0.5) is 4.39 Å². The van der Waals surface area contributed by atoms with Crippen LogP contribution in [0.5, 0.6) is 0 Å². The molecular weight excluding hydrogens is 355 g/mol. The van der Waals surface area contributed by atoms with E-state index in [-0.39, 0.29) is 18.9 Å². The molecule has 0 spiro atoms. The summed E-state index contributed by atoms with van der Waals surface area (Å²) in [5.41, 5.74) is 2.97. The lowest BCUT2D eigenvalue weighted by Crippen LogP contribution is -2.37. The Hall–Kier alpha value is -2.55. The van der Waals surface area contributed by atoms with Gasteiger partial charge in [0.25, 0.3) is 10.2 Å². The van der Waals surface area contributed by atoms with E-state index in [1.807, 2.05) is 30.3 Å². The first-order valence-electron chi connectivity index (χ1n) is 7.99. The number of aromatic amines is 1. The van der Waals surface area contributed by atoms with Crippen molar-refractivity contribution in [2.45, 2.75) is 13.1 Å². The van der Waals surface area contributed by atoms with Gasteiger partial charge in [-0.3, -0.25) is 5.10 Å². The Balaban J connectivity index is 1.70. The van der Waals surface area contributed by atoms with Crippen LogP contribution in [0, 0.1) is 5.82 Å². The molecule has 0 unspecified atom stereocenters. The van der Waals surface area contributed by atoms with E-state index in [0.717, 1.165) is 11.1 Å². The summed E-state index contributed by atoms with van der Waals surface area (Å²) in [5, 5.41) is 6.83. The molecule has 0 bridgehead atoms. The zero-order valence-corrected chi connectivity index (χ0v) is 15.0. The first-order chi connectivity index (χ1) is 12.5. The molecule has 0 radical (unpaired) electrons. The number of hydrogen-bond acceptors (Lipinski definition) is 3. The van der Waals surface area contributed by atoms with Crippen molar-refractivity contribution in [1.29, 1.82) is 0 Å². The largest absolute Gasteiger partial charge is 0.279 e. The lowest BCUT2D eigenvalue weighted by Gasteiger charge is -2.18. The average molecular weight is 374 g/mol. The minimum absolute atomic E-state index is 0.132. The third-order valence-corrected chi connectivity index (χ3v) is 5.41. The summed E-state index contributed by atoms with van der Waals surface area (Å²) in [6.45, 7) is 0.344. The van der Waals surface area contributed by atoms with E-state index >= 15 is 0 Å². The molecule has 0 aliphatic rings. The fraction of sp³-hybridized carbons (Fsp3) is 0.167. The smallest absolute Gasteiger partial charge is 0.278 e. The van der Waals surface area contributed by atoms with Crippen molar-refractivity contribution < 1.29 is 12.8 Å². The normalized spacial score (nSPS) is 11.8. The van der Waals surface area contributed by atoms with Gasteiger partial charge in [0.15, 0.2) is 0 Å². The molecule has 3 rings (SSSR count). The van der Waals surface area contributed by atoms with Crippen molar-refractivity contribution in [3.63, 3.8) is 0 Å². The maximum absolute atomic E-state index is 13.1. The first kappa shape index (κ1) is 18.2. The molecule has 0 saturated heterocycles. The van der Waals surface area contributed by atoms with Crippen LogP contribution >= 0.6 is 0 Å². The summed E-state index contributed by atoms with van der Waals surface area (Å²) in [7, 11) is -2.16. The number of rotatable bonds is 7. The monoisotopic (exact) mass is 374 g/mol. The van der Waals surface area contributed by atoms with Crippen molar-refractivity contribution in [2.24, 2.45) is 0 Å². The van der Waals surface area contributed by atoms with Gasteiger partial charge in [-0.05, 0) is 29.8 Å². The fourth-order valence-corrected chi connectivity index (χ4v) is 3.38. The zero-order chi connectivity index (χ0) is 18.6. The van der Waals surface area contributed by atoms with E-state index in [0.29, 0.717) is 11.3 Å². The van der Waals surface area contributed by atoms with Crippen molar-refractivity contribution >= 4 is 10.2 Å². The van der Waals surface area contributed by atoms with Gasteiger partial charge in [0.2, 0.25) is 0 Å². The van der Waals surface area contributed by atoms with Gasteiger partial charge in [0.1, 0.15) is 5.82 Å². The lowest BCUT2D eigenvalue weighted by atomic mass is 10.1. The molecular formula is C18H19FN4O2S. The van der Waals surface area contributed by atoms with Gasteiger partial charge in [-0.25, -0.2) is 4.39 Å². The van der Waals surface area contributed by atoms with Gasteiger partial charge in [-0.15, -0.1) is 0 Å². The maximum Gasteiger partial charge on any atom is 0.279 e. The van der Waals surface area contributed by atoms with Crippen LogP contribution in [0.1, 0.15) is 11.1 Å². The molecule has 3 aromatic rings. The topological polar surface area (TPSA) is 78.1 Å². The number of H-pyrrole nitrogens is 1. The van der Waals surface area contributed by atoms with Gasteiger partial charge in [-0.1, -0.05) is 30.3 Å². The SMILES string of the molecule is CN(Cc1cn[nH]c1-c1ccc(F)cc1)S(=O)(=O)NCc1ccccc1. The van der Waals surface area contributed by atoms with Gasteiger partial charge >= 0.3 is 0 Å². The molecule has 0 fully saturated rings. The number of hydrogen-bond donors (Lipinski definition) is 2. The maximum atomic E-state index is 13.1. The second kappa shape index (κ2) is 7.77. The molecule has 2 N–H and O–H groups in total. The predicted octanol–water partition coefficient (Wildman–Crippen LogP) is 2.68. The quantitative estimate of drug-likeness (QED) is 0.667. The Labute approximate surface area is 151 Å². The van der Waals surface area contributed by atoms with Crippen LogP contribution in [-0.4, -0.2) is 30.0 Å². The number of nitrogens with one attached hydrogen (secondary N) is 2. The molecule has 8 heteroatoms. The lowest BCUT2D eigenvalue weighted by molar-refractivity contribution is 0.455. The summed E-state index contributed by atoms with van der Waals surface area (Å²) in [6, 6.07) is 15.2. The Morgan fingerprint density at radius 3 is 2.50 bits per heavy atom. The standard InChI is InChI=1S/C18H19FN4O2S/c1-23(26(24,25)21-11-14-5-3-2-4-6-14)13-16-12-20-22-18(16)15-7-9-17(19)10-8-15/h2-10,12,21H,11,13H2,1H3,(H,20,22). The summed E-state index contributed by atoms with van der Waals surface area (Å²) in [4.78, 5) is 0. The van der Waals surface area contributed by atoms with Crippen molar-refractivity contribution in [2.75, 3.05) is 7.05 Å². The summed E-state index contributed by atoms with van der Waals surface area (Å²) < 4.78 is 41.8. The van der Waals surface area contributed by atoms with Gasteiger partial charge in [0.05, 0.1) is 11.9 Å². The van der Waals surface area contributed by atoms with Crippen LogP contribution in [-0.2, 0) is 23.3 Å². The molecule has 0 amide bonds. The molecule has 0 aliphatic heterocycles. The Kier molecular flexibility index (Phi) is 5.46. The van der Waals surface area contributed by atoms with E-state index in [1.54, 1.807) is 18.3 Å². The molecule has 2 aromatic carbocycles. The molecule has 6 nitrogen and oxygen atoms in total. The van der Waals surface area contributed by atoms with Gasteiger partial charge < -0.3 is 0 Å². The van der Waals surface area contributed by atoms with E-state index in [4.69, 9.17) is 0 Å². The second-order valence-electron chi connectivity index (χ2n) is 5.84. The minimum atomic E-state index is -3.66. The molecule has 136 valence electrons. The summed E-state index contributed by atoms with van der Waals surface area (Å²) >= 11 is 0. The highest BCUT2D eigenvalue weighted by molar-refractivity contribution is 7.87. The van der Waals surface area contributed by atoms with Crippen LogP contribution in [0.15, 0.2) is 60.8 Å². The summed E-state index contributed by atoms with van der Waals surface area (Å²) in [5.74, 6) is -0.334. The first-order valence-corrected chi connectivity index (χ1v) is 9.43. The molecule has 0 atom stereocenters. The fourth-order valence-electron chi connectivity index (χ4n) is 2.50. The molecule has 0 aliphatic carbocycles. The van der Waals surface area contributed by atoms with Crippen molar-refractivity contribution in [3.8, 4) is 11.3 Å². The molecule has 0 saturated carbocycles. The highest BCUT2D eigenvalue weighted by atomic mass is 32.2. The van der Waals surface area contributed by atoms with Crippen LogP contribution < -0.4 is 4.72 Å². The van der Waals surface area contributed by atoms with E-state index in [1.165, 1.54) is 23.5 Å². The zero-order valence-electron chi connectivity index (χ0n) is 14.2. The third kappa shape index (κ3) is 4.34. The van der Waals surface area contributed by atoms with Crippen LogP contribution in [0.3, 0.4) is 0 Å². The minimum Gasteiger partial charge on any atom is -0.278 e. The number of halogens is 1. The van der Waals surface area contributed by atoms with E-state index in [9.17, 15) is 12.8 Å². The number of benzene rings is 2. The Bertz CT molecular complexity index is 956. The predicted molar refractivity (Wildman–Crippen MR) is 97.7 cm³/mol. The molecule has 26 heavy (non-hydrogen) atoms. The highest BCUT2D eigenvalue weighted by Crippen LogP contribution is 2.22. The van der Waals surface area contributed by atoms with Gasteiger partial charge in [0, 0.05) is 31.3 Å². The van der Waals surface area contributed by atoms with E-state index < -0.39 is 10.2 Å². The average Bonchev–Trinajstić information content (AvgIpc) is 3.10. The Morgan fingerprint density at radius 1 is 1.12 bits per heavy atom. The molecule has 1 heterocycles. The second-order valence-corrected chi connectivity index (χ2v) is 7.71. The number of aromatic nitrogens is 2. The molecule has 1 aromatic heterocycles. The van der Waals surface area contributed by atoms with E-state index in [2.05, 4.69) is 14.9 Å². The van der Waals surface area contributed by atoms with Crippen LogP contribution in [0.25, 0.3) is 11.3 Å². The number of nitrogens with zero attached hydrogens (tertiary/aromatic N) is 2. The van der Waals surface area contributed by atoms with Crippen molar-refractivity contribution in [3.05, 3.63) is 77.7 Å². The highest BCUT2D eigenvalue weighted by Gasteiger charge is 2.20. The summed E-state index contributed by atoms with van der Waals surface area (Å²) in [6.07, 6.45) is 1.57. The van der Waals surface area contributed by atoms with Crippen LogP contribution in [0.2, 0.25) is 0 Å². The Morgan fingerprint density at radius 2 is 1.81 bits per heavy atom.